The molecular weight excluding hydrogens is 635 g/mol. The van der Waals surface area contributed by atoms with Gasteiger partial charge in [0.1, 0.15) is 5.82 Å². The van der Waals surface area contributed by atoms with Crippen LogP contribution in [-0.4, -0.2) is 57.7 Å². The number of fused-ring (bicyclic) bond motifs is 6. The second-order valence-corrected chi connectivity index (χ2v) is 14.3. The Hall–Kier alpha value is -4.56. The summed E-state index contributed by atoms with van der Waals surface area (Å²) in [5, 5.41) is 2.93. The molecule has 8 heteroatoms. The highest BCUT2D eigenvalue weighted by molar-refractivity contribution is 6.31. The topological polar surface area (TPSA) is 50.5 Å². The van der Waals surface area contributed by atoms with Gasteiger partial charge in [0.25, 0.3) is 0 Å². The van der Waals surface area contributed by atoms with E-state index in [9.17, 15) is 14.0 Å². The molecule has 49 heavy (non-hydrogen) atoms. The van der Waals surface area contributed by atoms with Gasteiger partial charge in [0.2, 0.25) is 0 Å². The van der Waals surface area contributed by atoms with Crippen molar-refractivity contribution in [1.29, 1.82) is 0 Å². The monoisotopic (exact) mass is 672 g/mol. The van der Waals surface area contributed by atoms with Gasteiger partial charge in [-0.3, -0.25) is 14.5 Å². The van der Waals surface area contributed by atoms with Gasteiger partial charge in [0, 0.05) is 81.4 Å². The first-order chi connectivity index (χ1) is 23.6. The van der Waals surface area contributed by atoms with E-state index in [1.54, 1.807) is 0 Å². The number of likely N-dealkylation sites (N-methyl/N-ethyl adjacent to an activating group) is 2. The Balaban J connectivity index is 1.12. The van der Waals surface area contributed by atoms with Crippen LogP contribution in [0.1, 0.15) is 60.3 Å². The average molecular weight is 673 g/mol. The van der Waals surface area contributed by atoms with Gasteiger partial charge in [0.05, 0.1) is 13.1 Å². The largest absolute Gasteiger partial charge is 0.335 e. The Kier molecular flexibility index (Phi) is 8.02. The van der Waals surface area contributed by atoms with Gasteiger partial charge in [-0.05, 0) is 98.7 Å². The third-order valence-electron chi connectivity index (χ3n) is 10.4. The van der Waals surface area contributed by atoms with Crippen LogP contribution in [0.4, 0.5) is 4.39 Å². The molecule has 2 aromatic heterocycles. The van der Waals surface area contributed by atoms with Gasteiger partial charge in [-0.15, -0.1) is 0 Å². The quantitative estimate of drug-likeness (QED) is 0.161. The van der Waals surface area contributed by atoms with Crippen LogP contribution in [0.2, 0.25) is 5.02 Å². The zero-order valence-electron chi connectivity index (χ0n) is 28.0. The lowest BCUT2D eigenvalue weighted by Gasteiger charge is -2.32. The molecule has 0 radical (unpaired) electrons. The van der Waals surface area contributed by atoms with E-state index in [2.05, 4.69) is 70.3 Å². The first kappa shape index (κ1) is 31.7. The molecule has 0 N–H and O–H groups in total. The SMILES string of the molecule is Cc1ccc2c(c1)c1c(n2CC(=O)c2ccc(C3CN(C)Cc4c3c3cc(Cl)ccc3n4CC(=O)c3ccc(F)cc3)cc2)CN(C)CC1. The van der Waals surface area contributed by atoms with Gasteiger partial charge in [-0.2, -0.15) is 0 Å². The standard InChI is InChI=1S/C41H38ClFN4O2/c1-25-4-14-35-32(18-25)31-16-17-44(2)21-37(31)46(35)23-39(48)27-7-5-26(6-8-27)34-20-45(3)22-38-41(34)33-19-29(42)11-15-36(33)47(38)24-40(49)28-9-12-30(43)13-10-28/h4-15,18-19,34H,16-17,20-24H2,1-3H3. The summed E-state index contributed by atoms with van der Waals surface area (Å²) in [6, 6.07) is 26.2. The lowest BCUT2D eigenvalue weighted by molar-refractivity contribution is 0.0963. The van der Waals surface area contributed by atoms with Crippen LogP contribution in [-0.2, 0) is 32.6 Å². The van der Waals surface area contributed by atoms with E-state index < -0.39 is 0 Å². The van der Waals surface area contributed by atoms with Crippen molar-refractivity contribution in [2.75, 3.05) is 27.2 Å². The maximum atomic E-state index is 13.9. The molecule has 2 aliphatic heterocycles. The Morgan fingerprint density at radius 3 is 2.08 bits per heavy atom. The van der Waals surface area contributed by atoms with Crippen molar-refractivity contribution in [3.63, 3.8) is 0 Å². The number of ketones is 2. The highest BCUT2D eigenvalue weighted by Crippen LogP contribution is 2.41. The lowest BCUT2D eigenvalue weighted by atomic mass is 9.85. The van der Waals surface area contributed by atoms with Gasteiger partial charge in [-0.1, -0.05) is 47.5 Å². The molecule has 2 aliphatic rings. The van der Waals surface area contributed by atoms with Crippen molar-refractivity contribution in [2.45, 2.75) is 45.4 Å². The molecule has 0 aliphatic carbocycles. The minimum atomic E-state index is -0.368. The zero-order valence-corrected chi connectivity index (χ0v) is 28.7. The summed E-state index contributed by atoms with van der Waals surface area (Å²) in [5.41, 5.74) is 10.4. The van der Waals surface area contributed by atoms with E-state index >= 15 is 0 Å². The normalized spacial score (nSPS) is 16.6. The predicted molar refractivity (Wildman–Crippen MR) is 193 cm³/mol. The van der Waals surface area contributed by atoms with Crippen molar-refractivity contribution >= 4 is 45.0 Å². The van der Waals surface area contributed by atoms with E-state index in [0.29, 0.717) is 29.2 Å². The minimum Gasteiger partial charge on any atom is -0.335 e. The Labute approximate surface area is 290 Å². The number of halogens is 2. The second-order valence-electron chi connectivity index (χ2n) is 13.9. The fourth-order valence-corrected chi connectivity index (χ4v) is 8.19. The molecule has 0 bridgehead atoms. The van der Waals surface area contributed by atoms with Crippen molar-refractivity contribution in [3.05, 3.63) is 141 Å². The van der Waals surface area contributed by atoms with Crippen LogP contribution in [0.3, 0.4) is 0 Å². The highest BCUT2D eigenvalue weighted by atomic mass is 35.5. The molecule has 0 spiro atoms. The number of hydrogen-bond acceptors (Lipinski definition) is 4. The summed E-state index contributed by atoms with van der Waals surface area (Å²) in [6.45, 7) is 5.87. The Bertz CT molecular complexity index is 2270. The number of aryl methyl sites for hydroxylation is 1. The maximum Gasteiger partial charge on any atom is 0.182 e. The molecule has 0 fully saturated rings. The van der Waals surface area contributed by atoms with Crippen LogP contribution < -0.4 is 0 Å². The molecule has 0 saturated carbocycles. The number of benzene rings is 4. The van der Waals surface area contributed by atoms with Crippen molar-refractivity contribution in [2.24, 2.45) is 0 Å². The molecule has 248 valence electrons. The van der Waals surface area contributed by atoms with Crippen LogP contribution in [0, 0.1) is 12.7 Å². The number of aromatic nitrogens is 2. The van der Waals surface area contributed by atoms with E-state index in [1.807, 2.05) is 30.3 Å². The Morgan fingerprint density at radius 1 is 0.755 bits per heavy atom. The molecule has 4 aromatic carbocycles. The summed E-state index contributed by atoms with van der Waals surface area (Å²) < 4.78 is 17.9. The third-order valence-corrected chi connectivity index (χ3v) is 10.7. The van der Waals surface area contributed by atoms with Gasteiger partial charge < -0.3 is 14.0 Å². The molecular formula is C41H38ClFN4O2. The molecule has 6 nitrogen and oxygen atoms in total. The van der Waals surface area contributed by atoms with Crippen LogP contribution >= 0.6 is 11.6 Å². The minimum absolute atomic E-state index is 0.0141. The highest BCUT2D eigenvalue weighted by Gasteiger charge is 2.32. The summed E-state index contributed by atoms with van der Waals surface area (Å²) in [4.78, 5) is 31.9. The average Bonchev–Trinajstić information content (AvgIpc) is 3.54. The van der Waals surface area contributed by atoms with E-state index in [-0.39, 0.29) is 29.8 Å². The fraction of sp³-hybridized carbons (Fsp3) is 0.268. The number of nitrogens with zero attached hydrogens (tertiary/aromatic N) is 4. The summed E-state index contributed by atoms with van der Waals surface area (Å²) in [7, 11) is 4.23. The Morgan fingerprint density at radius 2 is 1.37 bits per heavy atom. The third kappa shape index (κ3) is 5.70. The van der Waals surface area contributed by atoms with Crippen molar-refractivity contribution < 1.29 is 14.0 Å². The van der Waals surface area contributed by atoms with E-state index in [4.69, 9.17) is 11.6 Å². The van der Waals surface area contributed by atoms with Crippen molar-refractivity contribution in [3.8, 4) is 0 Å². The smallest absolute Gasteiger partial charge is 0.182 e. The van der Waals surface area contributed by atoms with E-state index in [0.717, 1.165) is 59.3 Å². The molecule has 4 heterocycles. The number of hydrogen-bond donors (Lipinski definition) is 0. The first-order valence-corrected chi connectivity index (χ1v) is 17.2. The number of carbonyl (C=O) groups excluding carboxylic acids is 2. The lowest BCUT2D eigenvalue weighted by Crippen LogP contribution is -2.32. The molecule has 1 unspecified atom stereocenters. The summed E-state index contributed by atoms with van der Waals surface area (Å²) in [5.74, 6) is -0.350. The first-order valence-electron chi connectivity index (χ1n) is 16.8. The molecule has 0 amide bonds. The number of rotatable bonds is 7. The number of carbonyl (C=O) groups is 2. The zero-order chi connectivity index (χ0) is 34.0. The van der Waals surface area contributed by atoms with Crippen LogP contribution in [0.25, 0.3) is 21.8 Å². The fourth-order valence-electron chi connectivity index (χ4n) is 8.02. The molecule has 1 atom stereocenters. The maximum absolute atomic E-state index is 13.9. The van der Waals surface area contributed by atoms with Crippen LogP contribution in [0.15, 0.2) is 84.9 Å². The molecule has 6 aromatic rings. The summed E-state index contributed by atoms with van der Waals surface area (Å²) >= 11 is 6.56. The van der Waals surface area contributed by atoms with Crippen molar-refractivity contribution in [1.82, 2.24) is 18.9 Å². The van der Waals surface area contributed by atoms with Gasteiger partial charge in [-0.25, -0.2) is 4.39 Å². The van der Waals surface area contributed by atoms with Gasteiger partial charge >= 0.3 is 0 Å². The molecule has 0 saturated heterocycles. The molecule has 8 rings (SSSR count). The summed E-state index contributed by atoms with van der Waals surface area (Å²) in [6.07, 6.45) is 0.988. The second kappa shape index (κ2) is 12.4. The van der Waals surface area contributed by atoms with E-state index in [1.165, 1.54) is 46.5 Å². The number of Topliss-reactive ketones (excluding diaryl/α,β-unsaturated/α-hetero) is 2. The predicted octanol–water partition coefficient (Wildman–Crippen LogP) is 8.03. The van der Waals surface area contributed by atoms with Gasteiger partial charge in [0.15, 0.2) is 11.6 Å². The van der Waals surface area contributed by atoms with Crippen LogP contribution in [0.5, 0.6) is 0 Å².